The molecule has 21 heavy (non-hydrogen) atoms. The number of nitrogens with one attached hydrogen (secondary N) is 1. The Kier molecular flexibility index (Phi) is 6.38. The molecule has 0 saturated heterocycles. The summed E-state index contributed by atoms with van der Waals surface area (Å²) in [4.78, 5) is 27.4. The van der Waals surface area contributed by atoms with Gasteiger partial charge in [-0.3, -0.25) is 9.59 Å². The van der Waals surface area contributed by atoms with Crippen molar-refractivity contribution in [2.45, 2.75) is 32.7 Å². The fourth-order valence-corrected chi connectivity index (χ4v) is 2.46. The molecule has 0 aromatic carbocycles. The molecule has 0 aliphatic heterocycles. The number of thioether (sulfide) groups is 1. The van der Waals surface area contributed by atoms with E-state index in [2.05, 4.69) is 10.3 Å². The lowest BCUT2D eigenvalue weighted by atomic mass is 10.1. The molecule has 1 heterocycles. The predicted molar refractivity (Wildman–Crippen MR) is 82.3 cm³/mol. The van der Waals surface area contributed by atoms with Crippen LogP contribution in [-0.4, -0.2) is 29.0 Å². The van der Waals surface area contributed by atoms with Gasteiger partial charge in [-0.25, -0.2) is 4.98 Å². The molecule has 0 atom stereocenters. The second-order valence-electron chi connectivity index (χ2n) is 5.13. The molecule has 1 aromatic rings. The van der Waals surface area contributed by atoms with Crippen LogP contribution < -0.4 is 5.32 Å². The Morgan fingerprint density at radius 2 is 2.14 bits per heavy atom. The van der Waals surface area contributed by atoms with Crippen LogP contribution in [0.15, 0.2) is 11.1 Å². The number of ketones is 1. The largest absolute Gasteiger partial charge is 0.355 e. The predicted octanol–water partition coefficient (Wildman–Crippen LogP) is 2.33. The SMILES string of the molecule is CC(=O)c1cc(C#N)c(SCC(=O)NCC(C)C)nc1C. The van der Waals surface area contributed by atoms with E-state index in [4.69, 9.17) is 5.26 Å². The van der Waals surface area contributed by atoms with Gasteiger partial charge in [0.15, 0.2) is 5.78 Å². The van der Waals surface area contributed by atoms with Crippen molar-refractivity contribution in [3.63, 3.8) is 0 Å². The molecule has 0 unspecified atom stereocenters. The topological polar surface area (TPSA) is 82.8 Å². The third-order valence-electron chi connectivity index (χ3n) is 2.73. The van der Waals surface area contributed by atoms with E-state index in [0.29, 0.717) is 34.3 Å². The highest BCUT2D eigenvalue weighted by Crippen LogP contribution is 2.22. The van der Waals surface area contributed by atoms with Gasteiger partial charge in [0.2, 0.25) is 5.91 Å². The molecule has 0 aliphatic rings. The molecule has 1 rings (SSSR count). The molecule has 0 radical (unpaired) electrons. The Labute approximate surface area is 129 Å². The zero-order valence-electron chi connectivity index (χ0n) is 12.7. The monoisotopic (exact) mass is 305 g/mol. The summed E-state index contributed by atoms with van der Waals surface area (Å²) in [6, 6.07) is 3.57. The number of nitrogens with zero attached hydrogens (tertiary/aromatic N) is 2. The number of rotatable bonds is 6. The number of aromatic nitrogens is 1. The smallest absolute Gasteiger partial charge is 0.230 e. The molecular weight excluding hydrogens is 286 g/mol. The summed E-state index contributed by atoms with van der Waals surface area (Å²) in [5.74, 6) is 0.382. The van der Waals surface area contributed by atoms with Gasteiger partial charge in [0.1, 0.15) is 11.1 Å². The molecule has 0 aliphatic carbocycles. The summed E-state index contributed by atoms with van der Waals surface area (Å²) in [5, 5.41) is 12.4. The zero-order chi connectivity index (χ0) is 16.0. The summed E-state index contributed by atoms with van der Waals surface area (Å²) < 4.78 is 0. The van der Waals surface area contributed by atoms with Crippen molar-refractivity contribution in [2.24, 2.45) is 5.92 Å². The Bertz CT molecular complexity index is 591. The van der Waals surface area contributed by atoms with E-state index >= 15 is 0 Å². The van der Waals surface area contributed by atoms with Crippen LogP contribution in [0, 0.1) is 24.2 Å². The first kappa shape index (κ1) is 17.2. The van der Waals surface area contributed by atoms with E-state index in [1.807, 2.05) is 19.9 Å². The van der Waals surface area contributed by atoms with Gasteiger partial charge in [0.05, 0.1) is 11.3 Å². The van der Waals surface area contributed by atoms with E-state index in [1.54, 1.807) is 13.0 Å². The number of Topliss-reactive ketones (excluding diaryl/α,β-unsaturated/α-hetero) is 1. The van der Waals surface area contributed by atoms with Gasteiger partial charge in [-0.05, 0) is 25.8 Å². The summed E-state index contributed by atoms with van der Waals surface area (Å²) in [6.45, 7) is 7.83. The van der Waals surface area contributed by atoms with Crippen molar-refractivity contribution in [1.82, 2.24) is 10.3 Å². The summed E-state index contributed by atoms with van der Waals surface area (Å²) in [5.41, 5.74) is 1.35. The lowest BCUT2D eigenvalue weighted by Gasteiger charge is -2.09. The Morgan fingerprint density at radius 1 is 1.48 bits per heavy atom. The number of nitriles is 1. The Morgan fingerprint density at radius 3 is 2.67 bits per heavy atom. The van der Waals surface area contributed by atoms with E-state index in [0.717, 1.165) is 0 Å². The van der Waals surface area contributed by atoms with E-state index in [9.17, 15) is 9.59 Å². The number of hydrogen-bond donors (Lipinski definition) is 1. The molecule has 112 valence electrons. The van der Waals surface area contributed by atoms with Crippen molar-refractivity contribution in [3.05, 3.63) is 22.9 Å². The first-order chi connectivity index (χ1) is 9.85. The van der Waals surface area contributed by atoms with Crippen LogP contribution in [0.25, 0.3) is 0 Å². The zero-order valence-corrected chi connectivity index (χ0v) is 13.5. The molecule has 5 nitrogen and oxygen atoms in total. The van der Waals surface area contributed by atoms with Crippen molar-refractivity contribution in [3.8, 4) is 6.07 Å². The Balaban J connectivity index is 2.80. The molecule has 1 N–H and O–H groups in total. The highest BCUT2D eigenvalue weighted by Gasteiger charge is 2.14. The van der Waals surface area contributed by atoms with Gasteiger partial charge in [0.25, 0.3) is 0 Å². The molecule has 1 aromatic heterocycles. The van der Waals surface area contributed by atoms with Crippen LogP contribution in [-0.2, 0) is 4.79 Å². The average molecular weight is 305 g/mol. The minimum absolute atomic E-state index is 0.0901. The van der Waals surface area contributed by atoms with E-state index in [-0.39, 0.29) is 17.4 Å². The molecule has 0 bridgehead atoms. The Hall–Kier alpha value is -1.87. The lowest BCUT2D eigenvalue weighted by Crippen LogP contribution is -2.28. The summed E-state index contributed by atoms with van der Waals surface area (Å²) in [6.07, 6.45) is 0. The van der Waals surface area contributed by atoms with Crippen LogP contribution in [0.1, 0.15) is 42.4 Å². The first-order valence-electron chi connectivity index (χ1n) is 6.67. The number of hydrogen-bond acceptors (Lipinski definition) is 5. The van der Waals surface area contributed by atoms with Crippen LogP contribution in [0.2, 0.25) is 0 Å². The maximum absolute atomic E-state index is 11.7. The lowest BCUT2D eigenvalue weighted by molar-refractivity contribution is -0.118. The van der Waals surface area contributed by atoms with Gasteiger partial charge >= 0.3 is 0 Å². The average Bonchev–Trinajstić information content (AvgIpc) is 2.42. The quantitative estimate of drug-likeness (QED) is 0.644. The van der Waals surface area contributed by atoms with Crippen LogP contribution in [0.5, 0.6) is 0 Å². The third-order valence-corrected chi connectivity index (χ3v) is 3.72. The van der Waals surface area contributed by atoms with Crippen molar-refractivity contribution < 1.29 is 9.59 Å². The van der Waals surface area contributed by atoms with Crippen molar-refractivity contribution in [2.75, 3.05) is 12.3 Å². The van der Waals surface area contributed by atoms with Crippen molar-refractivity contribution in [1.29, 1.82) is 5.26 Å². The summed E-state index contributed by atoms with van der Waals surface area (Å²) in [7, 11) is 0. The van der Waals surface area contributed by atoms with Crippen molar-refractivity contribution >= 4 is 23.5 Å². The maximum Gasteiger partial charge on any atom is 0.230 e. The highest BCUT2D eigenvalue weighted by atomic mass is 32.2. The molecule has 1 amide bonds. The van der Waals surface area contributed by atoms with Gasteiger partial charge in [-0.15, -0.1) is 0 Å². The number of amides is 1. The van der Waals surface area contributed by atoms with Crippen LogP contribution in [0.3, 0.4) is 0 Å². The first-order valence-corrected chi connectivity index (χ1v) is 7.65. The minimum Gasteiger partial charge on any atom is -0.355 e. The fourth-order valence-electron chi connectivity index (χ4n) is 1.63. The van der Waals surface area contributed by atoms with Gasteiger partial charge < -0.3 is 5.32 Å². The molecule has 0 fully saturated rings. The minimum atomic E-state index is -0.122. The molecule has 6 heteroatoms. The maximum atomic E-state index is 11.7. The van der Waals surface area contributed by atoms with Crippen LogP contribution >= 0.6 is 11.8 Å². The number of pyridine rings is 1. The third kappa shape index (κ3) is 5.20. The van der Waals surface area contributed by atoms with Crippen LogP contribution in [0.4, 0.5) is 0 Å². The second kappa shape index (κ2) is 7.79. The van der Waals surface area contributed by atoms with Gasteiger partial charge in [-0.2, -0.15) is 5.26 Å². The van der Waals surface area contributed by atoms with E-state index < -0.39 is 0 Å². The highest BCUT2D eigenvalue weighted by molar-refractivity contribution is 8.00. The van der Waals surface area contributed by atoms with Gasteiger partial charge in [-0.1, -0.05) is 25.6 Å². The second-order valence-corrected chi connectivity index (χ2v) is 6.09. The molecule has 0 spiro atoms. The number of carbonyl (C=O) groups is 2. The standard InChI is InChI=1S/C15H19N3O2S/c1-9(2)7-17-14(20)8-21-15-12(6-16)5-13(11(4)19)10(3)18-15/h5,9H,7-8H2,1-4H3,(H,17,20). The molecule has 0 saturated carbocycles. The normalized spacial score (nSPS) is 10.3. The fraction of sp³-hybridized carbons (Fsp3) is 0.467. The van der Waals surface area contributed by atoms with E-state index in [1.165, 1.54) is 18.7 Å². The summed E-state index contributed by atoms with van der Waals surface area (Å²) >= 11 is 1.21. The number of carbonyl (C=O) groups excluding carboxylic acids is 2. The van der Waals surface area contributed by atoms with Gasteiger partial charge in [0, 0.05) is 17.8 Å². The number of aryl methyl sites for hydroxylation is 1. The molecular formula is C15H19N3O2S.